The number of benzene rings is 3. The van der Waals surface area contributed by atoms with Crippen molar-refractivity contribution in [3.8, 4) is 0 Å². The molecule has 0 spiro atoms. The summed E-state index contributed by atoms with van der Waals surface area (Å²) in [6, 6.07) is 26.1. The van der Waals surface area contributed by atoms with Crippen LogP contribution in [0.2, 0.25) is 0 Å². The molecule has 1 N–H and O–H groups in total. The van der Waals surface area contributed by atoms with Gasteiger partial charge in [0.2, 0.25) is 5.91 Å². The molecular formula is C32H35N5O7. The molecule has 2 fully saturated rings. The summed E-state index contributed by atoms with van der Waals surface area (Å²) in [7, 11) is 0. The predicted molar refractivity (Wildman–Crippen MR) is 162 cm³/mol. The smallest absolute Gasteiger partial charge is 0.429 e. The van der Waals surface area contributed by atoms with Gasteiger partial charge in [0, 0.05) is 31.4 Å². The van der Waals surface area contributed by atoms with E-state index < -0.39 is 24.4 Å². The van der Waals surface area contributed by atoms with Gasteiger partial charge in [-0.15, -0.1) is 0 Å². The van der Waals surface area contributed by atoms with Crippen LogP contribution in [0.5, 0.6) is 0 Å². The normalized spacial score (nSPS) is 16.7. The largest absolute Gasteiger partial charge is 0.443 e. The van der Waals surface area contributed by atoms with Crippen LogP contribution in [0.3, 0.4) is 0 Å². The van der Waals surface area contributed by atoms with E-state index in [0.29, 0.717) is 25.3 Å². The topological polar surface area (TPSA) is 121 Å². The first-order valence-corrected chi connectivity index (χ1v) is 14.4. The zero-order valence-corrected chi connectivity index (χ0v) is 24.5. The third-order valence-corrected chi connectivity index (χ3v) is 7.27. The van der Waals surface area contributed by atoms with Crippen molar-refractivity contribution in [2.45, 2.75) is 26.2 Å². The van der Waals surface area contributed by atoms with Gasteiger partial charge < -0.3 is 24.4 Å². The van der Waals surface area contributed by atoms with Gasteiger partial charge in [0.05, 0.1) is 26.2 Å². The van der Waals surface area contributed by atoms with Gasteiger partial charge in [0.15, 0.2) is 0 Å². The second-order valence-electron chi connectivity index (χ2n) is 10.4. The Bertz CT molecular complexity index is 1370. The molecule has 0 aliphatic carbocycles. The second-order valence-corrected chi connectivity index (χ2v) is 10.4. The zero-order chi connectivity index (χ0) is 30.9. The average molecular weight is 602 g/mol. The molecule has 3 aromatic rings. The quantitative estimate of drug-likeness (QED) is 0.382. The summed E-state index contributed by atoms with van der Waals surface area (Å²) < 4.78 is 16.5. The molecule has 2 aliphatic rings. The molecule has 4 amide bonds. The molecule has 12 heteroatoms. The highest BCUT2D eigenvalue weighted by Gasteiger charge is 2.34. The van der Waals surface area contributed by atoms with Gasteiger partial charge in [-0.05, 0) is 35.4 Å². The van der Waals surface area contributed by atoms with Gasteiger partial charge in [-0.2, -0.15) is 0 Å². The minimum atomic E-state index is -0.649. The van der Waals surface area contributed by atoms with Crippen LogP contribution in [0.15, 0.2) is 84.9 Å². The number of carbonyl (C=O) groups is 4. The molecular weight excluding hydrogens is 566 g/mol. The molecule has 0 bridgehead atoms. The van der Waals surface area contributed by atoms with Crippen molar-refractivity contribution in [1.29, 1.82) is 0 Å². The van der Waals surface area contributed by atoms with Gasteiger partial charge in [-0.1, -0.05) is 60.7 Å². The van der Waals surface area contributed by atoms with Crippen LogP contribution in [-0.2, 0) is 32.2 Å². The highest BCUT2D eigenvalue weighted by molar-refractivity contribution is 5.90. The average Bonchev–Trinajstić information content (AvgIpc) is 3.27. The fraction of sp³-hybridized carbons (Fsp3) is 0.312. The van der Waals surface area contributed by atoms with Gasteiger partial charge in [0.25, 0.3) is 0 Å². The predicted octanol–water partition coefficient (Wildman–Crippen LogP) is 4.16. The first kappa shape index (κ1) is 30.2. The van der Waals surface area contributed by atoms with Crippen LogP contribution in [0, 0.1) is 0 Å². The summed E-state index contributed by atoms with van der Waals surface area (Å²) in [6.45, 7) is 3.33. The van der Waals surface area contributed by atoms with Crippen molar-refractivity contribution >= 4 is 35.6 Å². The van der Waals surface area contributed by atoms with E-state index in [1.54, 1.807) is 0 Å². The zero-order valence-electron chi connectivity index (χ0n) is 24.5. The van der Waals surface area contributed by atoms with E-state index in [-0.39, 0.29) is 38.8 Å². The van der Waals surface area contributed by atoms with Crippen LogP contribution in [0.25, 0.3) is 0 Å². The Labute approximate surface area is 255 Å². The number of carbonyl (C=O) groups excluding carboxylic acids is 4. The Balaban J connectivity index is 1.25. The SMILES string of the molecule is CC(=O)NC[C@H]1CN(c2ccc(N3CCN(C(=O)OCc4ccccc4)N(C(=O)OCc4ccccc4)CC3)cc2)C(=O)O1. The molecule has 2 saturated heterocycles. The van der Waals surface area contributed by atoms with E-state index in [9.17, 15) is 19.2 Å². The fourth-order valence-corrected chi connectivity index (χ4v) is 4.95. The van der Waals surface area contributed by atoms with Crippen molar-refractivity contribution in [2.75, 3.05) is 49.1 Å². The molecule has 0 aromatic heterocycles. The highest BCUT2D eigenvalue weighted by atomic mass is 16.6. The molecule has 230 valence electrons. The van der Waals surface area contributed by atoms with Crippen molar-refractivity contribution in [1.82, 2.24) is 15.3 Å². The highest BCUT2D eigenvalue weighted by Crippen LogP contribution is 2.26. The number of ether oxygens (including phenoxy) is 3. The minimum absolute atomic E-state index is 0.0683. The third-order valence-electron chi connectivity index (χ3n) is 7.27. The van der Waals surface area contributed by atoms with Crippen molar-refractivity contribution in [2.24, 2.45) is 0 Å². The van der Waals surface area contributed by atoms with E-state index in [1.165, 1.54) is 21.8 Å². The number of hydrazine groups is 1. The lowest BCUT2D eigenvalue weighted by molar-refractivity contribution is -0.119. The van der Waals surface area contributed by atoms with Gasteiger partial charge in [0.1, 0.15) is 19.3 Å². The van der Waals surface area contributed by atoms with Crippen LogP contribution >= 0.6 is 0 Å². The number of nitrogens with zero attached hydrogens (tertiary/aromatic N) is 4. The maximum Gasteiger partial charge on any atom is 0.429 e. The van der Waals surface area contributed by atoms with Crippen molar-refractivity contribution in [3.63, 3.8) is 0 Å². The third kappa shape index (κ3) is 7.77. The summed E-state index contributed by atoms with van der Waals surface area (Å²) in [6.07, 6.45) is -2.21. The van der Waals surface area contributed by atoms with Gasteiger partial charge in [-0.25, -0.2) is 24.4 Å². The number of rotatable bonds is 8. The Morgan fingerprint density at radius 2 is 1.25 bits per heavy atom. The Kier molecular flexibility index (Phi) is 9.80. The number of anilines is 2. The number of nitrogens with one attached hydrogen (secondary N) is 1. The molecule has 12 nitrogen and oxygen atoms in total. The second kappa shape index (κ2) is 14.3. The first-order chi connectivity index (χ1) is 21.4. The van der Waals surface area contributed by atoms with E-state index in [2.05, 4.69) is 5.32 Å². The number of amides is 4. The Morgan fingerprint density at radius 1 is 0.750 bits per heavy atom. The molecule has 5 rings (SSSR count). The van der Waals surface area contributed by atoms with Crippen LogP contribution in [0.1, 0.15) is 18.1 Å². The Morgan fingerprint density at radius 3 is 1.75 bits per heavy atom. The molecule has 2 aliphatic heterocycles. The molecule has 2 heterocycles. The van der Waals surface area contributed by atoms with E-state index in [1.807, 2.05) is 89.8 Å². The standard InChI is InChI=1S/C32H35N5O7/c1-24(38)33-20-29-21-35(30(39)44-29)28-14-12-27(13-15-28)34-16-18-36(31(40)42-22-25-8-4-2-5-9-25)37(19-17-34)32(41)43-23-26-10-6-3-7-11-26/h2-15,29H,16-23H2,1H3,(H,33,38)/t29-/m0/s1. The maximum atomic E-state index is 13.3. The molecule has 0 saturated carbocycles. The lowest BCUT2D eigenvalue weighted by Crippen LogP contribution is -2.50. The lowest BCUT2D eigenvalue weighted by atomic mass is 10.2. The summed E-state index contributed by atoms with van der Waals surface area (Å²) >= 11 is 0. The van der Waals surface area contributed by atoms with Crippen LogP contribution in [0.4, 0.5) is 25.8 Å². The number of cyclic esters (lactones) is 1. The first-order valence-electron chi connectivity index (χ1n) is 14.4. The lowest BCUT2D eigenvalue weighted by Gasteiger charge is -2.30. The molecule has 0 unspecified atom stereocenters. The summed E-state index contributed by atoms with van der Waals surface area (Å²) in [4.78, 5) is 53.7. The van der Waals surface area contributed by atoms with Gasteiger partial charge >= 0.3 is 18.3 Å². The van der Waals surface area contributed by atoms with Crippen molar-refractivity contribution < 1.29 is 33.4 Å². The van der Waals surface area contributed by atoms with Crippen LogP contribution in [-0.4, -0.2) is 79.6 Å². The molecule has 1 atom stereocenters. The van der Waals surface area contributed by atoms with Crippen LogP contribution < -0.4 is 15.1 Å². The number of hydrogen-bond acceptors (Lipinski definition) is 8. The summed E-state index contributed by atoms with van der Waals surface area (Å²) in [5.74, 6) is -0.188. The summed E-state index contributed by atoms with van der Waals surface area (Å²) in [5, 5.41) is 5.25. The van der Waals surface area contributed by atoms with Crippen molar-refractivity contribution in [3.05, 3.63) is 96.1 Å². The van der Waals surface area contributed by atoms with E-state index >= 15 is 0 Å². The summed E-state index contributed by atoms with van der Waals surface area (Å²) in [5.41, 5.74) is 3.18. The number of hydrogen-bond donors (Lipinski definition) is 1. The van der Waals surface area contributed by atoms with Gasteiger partial charge in [-0.3, -0.25) is 9.69 Å². The Hall–Kier alpha value is -5.26. The fourth-order valence-electron chi connectivity index (χ4n) is 4.95. The maximum absolute atomic E-state index is 13.3. The molecule has 0 radical (unpaired) electrons. The monoisotopic (exact) mass is 601 g/mol. The minimum Gasteiger partial charge on any atom is -0.443 e. The van der Waals surface area contributed by atoms with E-state index in [0.717, 1.165) is 16.8 Å². The molecule has 44 heavy (non-hydrogen) atoms. The molecule has 3 aromatic carbocycles. The van der Waals surface area contributed by atoms with E-state index in [4.69, 9.17) is 14.2 Å².